The number of rotatable bonds is 6. The smallest absolute Gasteiger partial charge is 0.225 e. The van der Waals surface area contributed by atoms with Crippen molar-refractivity contribution in [2.24, 2.45) is 0 Å². The van der Waals surface area contributed by atoms with Gasteiger partial charge in [0.15, 0.2) is 0 Å². The average Bonchev–Trinajstić information content (AvgIpc) is 2.50. The monoisotopic (exact) mass is 273 g/mol. The molecule has 0 fully saturated rings. The Morgan fingerprint density at radius 3 is 2.90 bits per heavy atom. The number of nitrogens with one attached hydrogen (secondary N) is 2. The summed E-state index contributed by atoms with van der Waals surface area (Å²) in [5.41, 5.74) is 2.57. The van der Waals surface area contributed by atoms with Crippen LogP contribution in [-0.4, -0.2) is 17.4 Å². The van der Waals surface area contributed by atoms with Gasteiger partial charge in [0.05, 0.1) is 11.9 Å². The van der Waals surface area contributed by atoms with E-state index < -0.39 is 0 Å². The van der Waals surface area contributed by atoms with Crippen molar-refractivity contribution in [2.75, 3.05) is 17.2 Å². The molecule has 0 bridgehead atoms. The van der Waals surface area contributed by atoms with Crippen LogP contribution in [-0.2, 0) is 4.79 Å². The average molecular weight is 273 g/mol. The van der Waals surface area contributed by atoms with Crippen molar-refractivity contribution < 1.29 is 4.79 Å². The van der Waals surface area contributed by atoms with Gasteiger partial charge in [-0.2, -0.15) is 0 Å². The van der Waals surface area contributed by atoms with E-state index in [4.69, 9.17) is 0 Å². The molecule has 1 aromatic rings. The lowest BCUT2D eigenvalue weighted by atomic mass is 9.97. The molecule has 0 saturated carbocycles. The minimum absolute atomic E-state index is 0.0116. The van der Waals surface area contributed by atoms with Gasteiger partial charge in [0, 0.05) is 13.0 Å². The van der Waals surface area contributed by atoms with Crippen LogP contribution in [0.5, 0.6) is 0 Å². The maximum Gasteiger partial charge on any atom is 0.225 e. The summed E-state index contributed by atoms with van der Waals surface area (Å²) in [7, 11) is 0. The van der Waals surface area contributed by atoms with Crippen molar-refractivity contribution in [1.82, 2.24) is 4.98 Å². The van der Waals surface area contributed by atoms with Crippen LogP contribution in [0, 0.1) is 0 Å². The highest BCUT2D eigenvalue weighted by molar-refractivity contribution is 5.89. The molecule has 1 aliphatic rings. The second kappa shape index (κ2) is 7.68. The normalized spacial score (nSPS) is 14.6. The summed E-state index contributed by atoms with van der Waals surface area (Å²) in [6.07, 6.45) is 10.9. The molecule has 0 aliphatic heterocycles. The van der Waals surface area contributed by atoms with E-state index in [1.807, 2.05) is 19.1 Å². The maximum absolute atomic E-state index is 11.2. The number of amides is 1. The van der Waals surface area contributed by atoms with Gasteiger partial charge in [-0.3, -0.25) is 4.79 Å². The van der Waals surface area contributed by atoms with Crippen molar-refractivity contribution >= 4 is 17.4 Å². The first-order valence-corrected chi connectivity index (χ1v) is 7.45. The number of aromatic nitrogens is 1. The van der Waals surface area contributed by atoms with E-state index >= 15 is 0 Å². The lowest BCUT2D eigenvalue weighted by Gasteiger charge is -2.13. The van der Waals surface area contributed by atoms with Crippen molar-refractivity contribution in [3.8, 4) is 0 Å². The van der Waals surface area contributed by atoms with Crippen molar-refractivity contribution in [1.29, 1.82) is 0 Å². The third kappa shape index (κ3) is 4.68. The zero-order valence-corrected chi connectivity index (χ0v) is 12.1. The number of pyridine rings is 1. The Balaban J connectivity index is 1.75. The van der Waals surface area contributed by atoms with Gasteiger partial charge in [0.1, 0.15) is 5.82 Å². The molecule has 0 spiro atoms. The summed E-state index contributed by atoms with van der Waals surface area (Å²) < 4.78 is 0. The lowest BCUT2D eigenvalue weighted by molar-refractivity contribution is -0.115. The molecular formula is C16H23N3O. The summed E-state index contributed by atoms with van der Waals surface area (Å²) in [5, 5.41) is 6.11. The molecule has 0 aromatic carbocycles. The zero-order valence-electron chi connectivity index (χ0n) is 12.1. The van der Waals surface area contributed by atoms with Crippen LogP contribution >= 0.6 is 0 Å². The predicted molar refractivity (Wildman–Crippen MR) is 82.8 cm³/mol. The van der Waals surface area contributed by atoms with Gasteiger partial charge in [-0.05, 0) is 44.2 Å². The third-order valence-corrected chi connectivity index (χ3v) is 3.51. The van der Waals surface area contributed by atoms with Crippen molar-refractivity contribution in [3.63, 3.8) is 0 Å². The highest BCUT2D eigenvalue weighted by atomic mass is 16.1. The molecule has 1 heterocycles. The van der Waals surface area contributed by atoms with Gasteiger partial charge in [-0.25, -0.2) is 4.98 Å². The Hall–Kier alpha value is -1.84. The van der Waals surface area contributed by atoms with Crippen molar-refractivity contribution in [3.05, 3.63) is 30.0 Å². The Kier molecular flexibility index (Phi) is 5.59. The van der Waals surface area contributed by atoms with E-state index in [-0.39, 0.29) is 5.91 Å². The van der Waals surface area contributed by atoms with Gasteiger partial charge in [-0.15, -0.1) is 0 Å². The molecule has 0 unspecified atom stereocenters. The molecule has 20 heavy (non-hydrogen) atoms. The minimum atomic E-state index is -0.0116. The van der Waals surface area contributed by atoms with Crippen LogP contribution < -0.4 is 10.6 Å². The highest BCUT2D eigenvalue weighted by Gasteiger charge is 2.03. The molecular weight excluding hydrogens is 250 g/mol. The number of hydrogen-bond acceptors (Lipinski definition) is 3. The van der Waals surface area contributed by atoms with Crippen LogP contribution in [0.4, 0.5) is 11.5 Å². The zero-order chi connectivity index (χ0) is 14.2. The third-order valence-electron chi connectivity index (χ3n) is 3.51. The summed E-state index contributed by atoms with van der Waals surface area (Å²) in [4.78, 5) is 15.5. The van der Waals surface area contributed by atoms with Gasteiger partial charge in [-0.1, -0.05) is 18.6 Å². The van der Waals surface area contributed by atoms with Crippen LogP contribution in [0.2, 0.25) is 0 Å². The molecule has 108 valence electrons. The Labute approximate surface area is 120 Å². The largest absolute Gasteiger partial charge is 0.383 e. The molecule has 0 saturated heterocycles. The first-order chi connectivity index (χ1) is 9.78. The van der Waals surface area contributed by atoms with Gasteiger partial charge < -0.3 is 10.6 Å². The molecule has 4 heteroatoms. The minimum Gasteiger partial charge on any atom is -0.383 e. The Bertz CT molecular complexity index is 465. The fraction of sp³-hybridized carbons (Fsp3) is 0.500. The quantitative estimate of drug-likeness (QED) is 0.776. The van der Waals surface area contributed by atoms with E-state index in [0.29, 0.717) is 12.2 Å². The van der Waals surface area contributed by atoms with Gasteiger partial charge >= 0.3 is 0 Å². The summed E-state index contributed by atoms with van der Waals surface area (Å²) >= 11 is 0. The topological polar surface area (TPSA) is 54.0 Å². The lowest BCUT2D eigenvalue weighted by Crippen LogP contribution is -2.11. The van der Waals surface area contributed by atoms with E-state index in [0.717, 1.165) is 18.7 Å². The van der Waals surface area contributed by atoms with Gasteiger partial charge in [0.25, 0.3) is 0 Å². The number of carbonyl (C=O) groups is 1. The number of carbonyl (C=O) groups excluding carboxylic acids is 1. The Morgan fingerprint density at radius 2 is 2.25 bits per heavy atom. The summed E-state index contributed by atoms with van der Waals surface area (Å²) in [5.74, 6) is 0.597. The van der Waals surface area contributed by atoms with Crippen LogP contribution in [0.1, 0.15) is 45.4 Å². The van der Waals surface area contributed by atoms with E-state index in [1.54, 1.807) is 11.8 Å². The predicted octanol–water partition coefficient (Wildman–Crippen LogP) is 3.73. The van der Waals surface area contributed by atoms with Crippen LogP contribution in [0.3, 0.4) is 0 Å². The second-order valence-corrected chi connectivity index (χ2v) is 5.12. The molecule has 1 aromatic heterocycles. The molecule has 1 amide bonds. The molecule has 1 aliphatic carbocycles. The van der Waals surface area contributed by atoms with Gasteiger partial charge in [0.2, 0.25) is 5.91 Å². The Morgan fingerprint density at radius 1 is 1.35 bits per heavy atom. The molecule has 0 atom stereocenters. The first-order valence-electron chi connectivity index (χ1n) is 7.45. The number of nitrogens with zero attached hydrogens (tertiary/aromatic N) is 1. The number of allylic oxidation sites excluding steroid dienone is 1. The van der Waals surface area contributed by atoms with Crippen LogP contribution in [0.15, 0.2) is 30.0 Å². The number of anilines is 2. The molecule has 2 N–H and O–H groups in total. The highest BCUT2D eigenvalue weighted by Crippen LogP contribution is 2.20. The number of hydrogen-bond donors (Lipinski definition) is 2. The van der Waals surface area contributed by atoms with E-state index in [1.165, 1.54) is 25.7 Å². The molecule has 4 nitrogen and oxygen atoms in total. The first kappa shape index (κ1) is 14.6. The fourth-order valence-corrected chi connectivity index (χ4v) is 2.30. The fourth-order valence-electron chi connectivity index (χ4n) is 2.30. The second-order valence-electron chi connectivity index (χ2n) is 5.12. The standard InChI is InChI=1S/C16H23N3O/c1-2-16(20)19-15-9-8-14(12-18-15)17-11-10-13-6-4-3-5-7-13/h6,8-9,12,17H,2-5,7,10-11H2,1H3,(H,18,19,20). The van der Waals surface area contributed by atoms with Crippen molar-refractivity contribution in [2.45, 2.75) is 45.4 Å². The van der Waals surface area contributed by atoms with E-state index in [2.05, 4.69) is 21.7 Å². The molecule has 0 radical (unpaired) electrons. The maximum atomic E-state index is 11.2. The summed E-state index contributed by atoms with van der Waals surface area (Å²) in [6.45, 7) is 2.76. The van der Waals surface area contributed by atoms with Crippen LogP contribution in [0.25, 0.3) is 0 Å². The molecule has 2 rings (SSSR count). The SMILES string of the molecule is CCC(=O)Nc1ccc(NCCC2=CCCCC2)cn1. The summed E-state index contributed by atoms with van der Waals surface area (Å²) in [6, 6.07) is 3.78. The van der Waals surface area contributed by atoms with E-state index in [9.17, 15) is 4.79 Å².